The van der Waals surface area contributed by atoms with Gasteiger partial charge >= 0.3 is 11.9 Å². The van der Waals surface area contributed by atoms with E-state index in [-0.39, 0.29) is 50.7 Å². The second-order valence-electron chi connectivity index (χ2n) is 13.2. The summed E-state index contributed by atoms with van der Waals surface area (Å²) in [4.78, 5) is 65.2. The number of aliphatic hydroxyl groups excluding tert-OH is 1. The van der Waals surface area contributed by atoms with Crippen LogP contribution in [0.1, 0.15) is 71.9 Å². The molecule has 2 aromatic rings. The molecule has 50 heavy (non-hydrogen) atoms. The summed E-state index contributed by atoms with van der Waals surface area (Å²) in [6.07, 6.45) is 2.88. The zero-order valence-electron chi connectivity index (χ0n) is 29.0. The van der Waals surface area contributed by atoms with Gasteiger partial charge < -0.3 is 39.6 Å². The maximum atomic E-state index is 13.3. The van der Waals surface area contributed by atoms with Crippen molar-refractivity contribution in [3.63, 3.8) is 0 Å². The predicted octanol–water partition coefficient (Wildman–Crippen LogP) is 2.91. The Kier molecular flexibility index (Phi) is 13.1. The molecule has 0 spiro atoms. The summed E-state index contributed by atoms with van der Waals surface area (Å²) in [5.41, 5.74) is 1.44. The zero-order valence-corrected chi connectivity index (χ0v) is 29.0. The largest absolute Gasteiger partial charge is 0.460 e. The molecule has 4 atom stereocenters. The first-order chi connectivity index (χ1) is 23.7. The van der Waals surface area contributed by atoms with Crippen LogP contribution in [0.25, 0.3) is 6.08 Å². The number of carbonyl (C=O) groups excluding carboxylic acids is 5. The maximum absolute atomic E-state index is 13.3. The van der Waals surface area contributed by atoms with Gasteiger partial charge in [-0.2, -0.15) is 0 Å². The number of rotatable bonds is 13. The summed E-state index contributed by atoms with van der Waals surface area (Å²) in [7, 11) is 3.25. The summed E-state index contributed by atoms with van der Waals surface area (Å²) in [5.74, 6) is -2.13. The Morgan fingerprint density at radius 2 is 1.80 bits per heavy atom. The van der Waals surface area contributed by atoms with Gasteiger partial charge in [-0.15, -0.1) is 0 Å². The van der Waals surface area contributed by atoms with Crippen LogP contribution in [-0.2, 0) is 39.9 Å². The van der Waals surface area contributed by atoms with E-state index in [1.165, 1.54) is 11.0 Å². The second-order valence-corrected chi connectivity index (χ2v) is 13.2. The zero-order chi connectivity index (χ0) is 36.4. The van der Waals surface area contributed by atoms with Crippen molar-refractivity contribution in [2.24, 2.45) is 0 Å². The van der Waals surface area contributed by atoms with E-state index in [1.54, 1.807) is 95.5 Å². The highest BCUT2D eigenvalue weighted by Gasteiger charge is 2.42. The first-order valence-corrected chi connectivity index (χ1v) is 16.4. The quantitative estimate of drug-likeness (QED) is 0.210. The fourth-order valence-corrected chi connectivity index (χ4v) is 5.34. The number of likely N-dealkylation sites (N-methyl/N-ethyl adjacent to an activating group) is 1. The van der Waals surface area contributed by atoms with Crippen LogP contribution in [0.15, 0.2) is 66.3 Å². The van der Waals surface area contributed by atoms with E-state index < -0.39 is 53.7 Å². The van der Waals surface area contributed by atoms with E-state index in [0.717, 1.165) is 0 Å². The summed E-state index contributed by atoms with van der Waals surface area (Å²) < 4.78 is 22.5. The molecule has 4 rings (SSSR count). The van der Waals surface area contributed by atoms with E-state index in [2.05, 4.69) is 10.6 Å². The molecule has 0 radical (unpaired) electrons. The number of hydrogen-bond donors (Lipinski definition) is 3. The number of benzene rings is 2. The normalized spacial score (nSPS) is 19.2. The van der Waals surface area contributed by atoms with E-state index in [4.69, 9.17) is 18.9 Å². The van der Waals surface area contributed by atoms with E-state index in [9.17, 15) is 29.1 Å². The topological polar surface area (TPSA) is 170 Å². The van der Waals surface area contributed by atoms with Crippen molar-refractivity contribution in [1.29, 1.82) is 0 Å². The number of ether oxygens (including phenoxy) is 4. The van der Waals surface area contributed by atoms with Gasteiger partial charge in [-0.1, -0.05) is 30.3 Å². The Morgan fingerprint density at radius 1 is 1.04 bits per heavy atom. The van der Waals surface area contributed by atoms with E-state index >= 15 is 0 Å². The number of fused-ring (bicyclic) bond motifs is 1. The number of amides is 3. The van der Waals surface area contributed by atoms with Gasteiger partial charge in [0.1, 0.15) is 30.7 Å². The molecule has 1 aliphatic heterocycles. The van der Waals surface area contributed by atoms with Gasteiger partial charge in [-0.05, 0) is 68.7 Å². The summed E-state index contributed by atoms with van der Waals surface area (Å²) >= 11 is 0. The summed E-state index contributed by atoms with van der Waals surface area (Å²) in [6, 6.07) is 12.7. The number of esters is 2. The molecule has 3 N–H and O–H groups in total. The Morgan fingerprint density at radius 3 is 2.52 bits per heavy atom. The van der Waals surface area contributed by atoms with Crippen molar-refractivity contribution in [2.45, 2.75) is 76.5 Å². The molecule has 3 amide bonds. The van der Waals surface area contributed by atoms with Gasteiger partial charge in [-0.25, -0.2) is 4.79 Å². The van der Waals surface area contributed by atoms with Crippen molar-refractivity contribution >= 4 is 35.7 Å². The molecule has 1 aliphatic carbocycles. The van der Waals surface area contributed by atoms with Gasteiger partial charge in [0.25, 0.3) is 5.91 Å². The minimum absolute atomic E-state index is 0.0201. The summed E-state index contributed by atoms with van der Waals surface area (Å²) in [6.45, 7) is 5.02. The molecule has 13 nitrogen and oxygen atoms in total. The lowest BCUT2D eigenvalue weighted by molar-refractivity contribution is -0.155. The lowest BCUT2D eigenvalue weighted by Gasteiger charge is -2.30. The molecule has 1 saturated heterocycles. The van der Waals surface area contributed by atoms with Crippen LogP contribution in [0.2, 0.25) is 0 Å². The molecule has 1 fully saturated rings. The number of nitrogens with one attached hydrogen (secondary N) is 2. The standard InChI is InChI=1S/C37H45N3O10/c1-37(2,3)50-32(43)16-14-27(21-41)39-35(45)25-11-8-9-23(17-25)20-38-34(44)26-18-29-33(48-22-47-29)30(19-26)49-36(46)28-12-7-6-10-24(28)13-15-31(42)40(4)5/h6-13,15,17-18,27,29-30,33,41H,14,16,19-22H2,1-5H3,(H,38,44)(H,39,45). The van der Waals surface area contributed by atoms with Crippen molar-refractivity contribution in [1.82, 2.24) is 15.5 Å². The Hall–Kier alpha value is -4.85. The molecular formula is C37H45N3O10. The van der Waals surface area contributed by atoms with Crippen LogP contribution in [0.4, 0.5) is 0 Å². The average Bonchev–Trinajstić information content (AvgIpc) is 3.56. The van der Waals surface area contributed by atoms with Gasteiger partial charge in [0, 0.05) is 50.7 Å². The molecule has 13 heteroatoms. The van der Waals surface area contributed by atoms with Gasteiger partial charge in [0.2, 0.25) is 11.8 Å². The van der Waals surface area contributed by atoms with Gasteiger partial charge in [0.05, 0.1) is 18.2 Å². The van der Waals surface area contributed by atoms with Crippen LogP contribution in [-0.4, -0.2) is 97.1 Å². The molecule has 1 heterocycles. The van der Waals surface area contributed by atoms with Crippen LogP contribution in [0.3, 0.4) is 0 Å². The SMILES string of the molecule is CN(C)C(=O)C=Cc1ccccc1C(=O)OC1CC(C(=O)NCc2cccc(C(=O)NC(CO)CCC(=O)OC(C)(C)C)c2)=CC2OCOC21. The molecule has 4 unspecified atom stereocenters. The lowest BCUT2D eigenvalue weighted by atomic mass is 9.91. The molecule has 0 aromatic heterocycles. The summed E-state index contributed by atoms with van der Waals surface area (Å²) in [5, 5.41) is 15.4. The average molecular weight is 692 g/mol. The first-order valence-electron chi connectivity index (χ1n) is 16.4. The van der Waals surface area contributed by atoms with Gasteiger partial charge in [-0.3, -0.25) is 19.2 Å². The number of nitrogens with zero attached hydrogens (tertiary/aromatic N) is 1. The van der Waals surface area contributed by atoms with Crippen molar-refractivity contribution < 1.29 is 48.0 Å². The Bertz CT molecular complexity index is 1630. The van der Waals surface area contributed by atoms with Crippen molar-refractivity contribution in [2.75, 3.05) is 27.5 Å². The Balaban J connectivity index is 1.36. The minimum atomic E-state index is -0.817. The predicted molar refractivity (Wildman–Crippen MR) is 182 cm³/mol. The van der Waals surface area contributed by atoms with Crippen LogP contribution in [0, 0.1) is 0 Å². The minimum Gasteiger partial charge on any atom is -0.460 e. The molecule has 268 valence electrons. The van der Waals surface area contributed by atoms with Gasteiger partial charge in [0.15, 0.2) is 0 Å². The number of aliphatic hydroxyl groups is 1. The fraction of sp³-hybridized carbons (Fsp3) is 0.432. The smallest absolute Gasteiger partial charge is 0.339 e. The molecular weight excluding hydrogens is 646 g/mol. The third-order valence-electron chi connectivity index (χ3n) is 7.89. The van der Waals surface area contributed by atoms with Crippen LogP contribution in [0.5, 0.6) is 0 Å². The van der Waals surface area contributed by atoms with E-state index in [1.807, 2.05) is 0 Å². The second kappa shape index (κ2) is 17.2. The molecule has 2 aromatic carbocycles. The van der Waals surface area contributed by atoms with Crippen molar-refractivity contribution in [3.8, 4) is 0 Å². The van der Waals surface area contributed by atoms with E-state index in [0.29, 0.717) is 22.3 Å². The Labute approximate surface area is 291 Å². The third kappa shape index (κ3) is 10.8. The van der Waals surface area contributed by atoms with Crippen molar-refractivity contribution in [3.05, 3.63) is 88.5 Å². The number of carbonyl (C=O) groups is 5. The number of hydrogen-bond acceptors (Lipinski definition) is 10. The van der Waals surface area contributed by atoms with Crippen LogP contribution < -0.4 is 10.6 Å². The highest BCUT2D eigenvalue weighted by molar-refractivity contribution is 5.98. The lowest BCUT2D eigenvalue weighted by Crippen LogP contribution is -2.43. The molecule has 0 saturated carbocycles. The third-order valence-corrected chi connectivity index (χ3v) is 7.89. The molecule has 0 bridgehead atoms. The van der Waals surface area contributed by atoms with Crippen LogP contribution >= 0.6 is 0 Å². The monoisotopic (exact) mass is 691 g/mol. The molecule has 2 aliphatic rings. The first kappa shape index (κ1) is 38.0. The highest BCUT2D eigenvalue weighted by atomic mass is 16.7. The fourth-order valence-electron chi connectivity index (χ4n) is 5.34. The highest BCUT2D eigenvalue weighted by Crippen LogP contribution is 2.31. The maximum Gasteiger partial charge on any atom is 0.339 e.